The third-order valence-corrected chi connectivity index (χ3v) is 1.39. The van der Waals surface area contributed by atoms with Crippen molar-refractivity contribution in [3.8, 4) is 0 Å². The van der Waals surface area contributed by atoms with Crippen molar-refractivity contribution in [2.45, 2.75) is 32.2 Å². The van der Waals surface area contributed by atoms with Gasteiger partial charge in [-0.3, -0.25) is 0 Å². The zero-order chi connectivity index (χ0) is 6.91. The maximum absolute atomic E-state index is 5.41. The molecular weight excluding hydrogens is 116 g/mol. The summed E-state index contributed by atoms with van der Waals surface area (Å²) in [6.45, 7) is 8.26. The third kappa shape index (κ3) is 1.66. The SMILES string of the molecule is [CH2]C[C@H]1COC(C)(C)O1. The van der Waals surface area contributed by atoms with Crippen molar-refractivity contribution in [3.63, 3.8) is 0 Å². The second-order valence-corrected chi connectivity index (χ2v) is 2.74. The molecule has 1 aliphatic heterocycles. The van der Waals surface area contributed by atoms with Gasteiger partial charge in [0.1, 0.15) is 0 Å². The maximum Gasteiger partial charge on any atom is 0.163 e. The van der Waals surface area contributed by atoms with Gasteiger partial charge in [-0.1, -0.05) is 6.92 Å². The van der Waals surface area contributed by atoms with Gasteiger partial charge in [0.15, 0.2) is 5.79 Å². The molecule has 0 aromatic heterocycles. The summed E-state index contributed by atoms with van der Waals surface area (Å²) in [5.74, 6) is -0.373. The molecule has 0 amide bonds. The molecule has 0 aromatic carbocycles. The van der Waals surface area contributed by atoms with E-state index in [-0.39, 0.29) is 11.9 Å². The Morgan fingerprint density at radius 3 is 2.56 bits per heavy atom. The quantitative estimate of drug-likeness (QED) is 0.532. The van der Waals surface area contributed by atoms with E-state index in [1.165, 1.54) is 0 Å². The Labute approximate surface area is 56.2 Å². The molecule has 0 bridgehead atoms. The fraction of sp³-hybridized carbons (Fsp3) is 0.857. The molecule has 53 valence electrons. The van der Waals surface area contributed by atoms with Crippen LogP contribution in [-0.2, 0) is 9.47 Å². The zero-order valence-corrected chi connectivity index (χ0v) is 6.02. The van der Waals surface area contributed by atoms with Gasteiger partial charge in [0.2, 0.25) is 0 Å². The summed E-state index contributed by atoms with van der Waals surface area (Å²) in [7, 11) is 0. The van der Waals surface area contributed by atoms with Crippen molar-refractivity contribution in [1.29, 1.82) is 0 Å². The van der Waals surface area contributed by atoms with Gasteiger partial charge in [-0.25, -0.2) is 0 Å². The average Bonchev–Trinajstić information content (AvgIpc) is 2.10. The smallest absolute Gasteiger partial charge is 0.163 e. The molecule has 2 nitrogen and oxygen atoms in total. The number of ether oxygens (including phenoxy) is 2. The molecule has 0 N–H and O–H groups in total. The lowest BCUT2D eigenvalue weighted by molar-refractivity contribution is -0.137. The Kier molecular flexibility index (Phi) is 1.78. The molecule has 0 aliphatic carbocycles. The van der Waals surface area contributed by atoms with Gasteiger partial charge < -0.3 is 9.47 Å². The van der Waals surface area contributed by atoms with Gasteiger partial charge in [-0.15, -0.1) is 0 Å². The van der Waals surface area contributed by atoms with E-state index in [1.807, 2.05) is 13.8 Å². The highest BCUT2D eigenvalue weighted by Crippen LogP contribution is 2.23. The average molecular weight is 129 g/mol. The fourth-order valence-electron chi connectivity index (χ4n) is 0.905. The van der Waals surface area contributed by atoms with Crippen LogP contribution in [0.4, 0.5) is 0 Å². The van der Waals surface area contributed by atoms with Crippen molar-refractivity contribution in [1.82, 2.24) is 0 Å². The van der Waals surface area contributed by atoms with Crippen LogP contribution in [0.25, 0.3) is 0 Å². The van der Waals surface area contributed by atoms with Crippen molar-refractivity contribution >= 4 is 0 Å². The molecule has 1 heterocycles. The Morgan fingerprint density at radius 1 is 1.67 bits per heavy atom. The van der Waals surface area contributed by atoms with Gasteiger partial charge in [0.05, 0.1) is 12.7 Å². The van der Waals surface area contributed by atoms with E-state index in [2.05, 4.69) is 6.92 Å². The lowest BCUT2D eigenvalue weighted by Gasteiger charge is -2.16. The van der Waals surface area contributed by atoms with Crippen LogP contribution in [0.5, 0.6) is 0 Å². The lowest BCUT2D eigenvalue weighted by atomic mass is 10.3. The predicted octanol–water partition coefficient (Wildman–Crippen LogP) is 1.36. The Hall–Kier alpha value is -0.0800. The maximum atomic E-state index is 5.41. The van der Waals surface area contributed by atoms with E-state index in [0.717, 1.165) is 6.42 Å². The predicted molar refractivity (Wildman–Crippen MR) is 34.9 cm³/mol. The van der Waals surface area contributed by atoms with Crippen molar-refractivity contribution in [2.75, 3.05) is 6.61 Å². The molecule has 0 saturated carbocycles. The monoisotopic (exact) mass is 129 g/mol. The first-order chi connectivity index (χ1) is 4.14. The summed E-state index contributed by atoms with van der Waals surface area (Å²) < 4.78 is 10.7. The van der Waals surface area contributed by atoms with E-state index in [4.69, 9.17) is 9.47 Å². The van der Waals surface area contributed by atoms with Crippen molar-refractivity contribution in [2.24, 2.45) is 0 Å². The van der Waals surface area contributed by atoms with Crippen molar-refractivity contribution in [3.05, 3.63) is 6.92 Å². The van der Waals surface area contributed by atoms with Crippen LogP contribution in [0.1, 0.15) is 20.3 Å². The van der Waals surface area contributed by atoms with Gasteiger partial charge >= 0.3 is 0 Å². The number of hydrogen-bond acceptors (Lipinski definition) is 2. The van der Waals surface area contributed by atoms with Crippen LogP contribution in [0.3, 0.4) is 0 Å². The van der Waals surface area contributed by atoms with Crippen LogP contribution in [0.15, 0.2) is 0 Å². The minimum Gasteiger partial charge on any atom is -0.348 e. The largest absolute Gasteiger partial charge is 0.348 e. The Morgan fingerprint density at radius 2 is 2.33 bits per heavy atom. The molecule has 2 heteroatoms. The summed E-state index contributed by atoms with van der Waals surface area (Å²) in [6, 6.07) is 0. The van der Waals surface area contributed by atoms with Crippen LogP contribution in [0, 0.1) is 6.92 Å². The molecule has 0 unspecified atom stereocenters. The molecule has 1 radical (unpaired) electrons. The summed E-state index contributed by atoms with van der Waals surface area (Å²) in [5.41, 5.74) is 0. The Balaban J connectivity index is 2.38. The van der Waals surface area contributed by atoms with Gasteiger partial charge in [0.25, 0.3) is 0 Å². The first kappa shape index (κ1) is 7.03. The first-order valence-corrected chi connectivity index (χ1v) is 3.25. The highest BCUT2D eigenvalue weighted by Gasteiger charge is 2.31. The van der Waals surface area contributed by atoms with Crippen molar-refractivity contribution < 1.29 is 9.47 Å². The lowest BCUT2D eigenvalue weighted by Crippen LogP contribution is -2.21. The highest BCUT2D eigenvalue weighted by atomic mass is 16.7. The van der Waals surface area contributed by atoms with Gasteiger partial charge in [0, 0.05) is 0 Å². The Bertz CT molecular complexity index is 99.1. The molecule has 0 aromatic rings. The topological polar surface area (TPSA) is 18.5 Å². The van der Waals surface area contributed by atoms with Crippen LogP contribution >= 0.6 is 0 Å². The number of hydrogen-bond donors (Lipinski definition) is 0. The van der Waals surface area contributed by atoms with E-state index >= 15 is 0 Å². The van der Waals surface area contributed by atoms with E-state index in [9.17, 15) is 0 Å². The standard InChI is InChI=1S/C7H13O2/c1-4-6-5-8-7(2,3)9-6/h6H,1,4-5H2,2-3H3/t6-/m0/s1. The molecule has 1 rings (SSSR count). The fourth-order valence-corrected chi connectivity index (χ4v) is 0.905. The molecule has 1 aliphatic rings. The minimum absolute atomic E-state index is 0.208. The first-order valence-electron chi connectivity index (χ1n) is 3.25. The van der Waals surface area contributed by atoms with Gasteiger partial charge in [-0.2, -0.15) is 0 Å². The summed E-state index contributed by atoms with van der Waals surface area (Å²) in [5, 5.41) is 0. The molecular formula is C7H13O2. The van der Waals surface area contributed by atoms with Crippen LogP contribution < -0.4 is 0 Å². The van der Waals surface area contributed by atoms with Crippen LogP contribution in [-0.4, -0.2) is 18.5 Å². The van der Waals surface area contributed by atoms with Gasteiger partial charge in [-0.05, 0) is 20.3 Å². The molecule has 0 spiro atoms. The van der Waals surface area contributed by atoms with E-state index in [1.54, 1.807) is 0 Å². The second-order valence-electron chi connectivity index (χ2n) is 2.74. The second kappa shape index (κ2) is 2.27. The van der Waals surface area contributed by atoms with E-state index < -0.39 is 0 Å². The number of rotatable bonds is 1. The summed E-state index contributed by atoms with van der Waals surface area (Å²) >= 11 is 0. The summed E-state index contributed by atoms with van der Waals surface area (Å²) in [4.78, 5) is 0. The molecule has 1 saturated heterocycles. The highest BCUT2D eigenvalue weighted by molar-refractivity contribution is 4.70. The minimum atomic E-state index is -0.373. The van der Waals surface area contributed by atoms with E-state index in [0.29, 0.717) is 6.61 Å². The molecule has 1 atom stereocenters. The van der Waals surface area contributed by atoms with Crippen LogP contribution in [0.2, 0.25) is 0 Å². The summed E-state index contributed by atoms with van der Waals surface area (Å²) in [6.07, 6.45) is 1.00. The zero-order valence-electron chi connectivity index (χ0n) is 6.02. The molecule has 1 fully saturated rings. The third-order valence-electron chi connectivity index (χ3n) is 1.39. The molecule has 9 heavy (non-hydrogen) atoms. The normalized spacial score (nSPS) is 33.0.